The van der Waals surface area contributed by atoms with Crippen LogP contribution >= 0.6 is 11.8 Å². The van der Waals surface area contributed by atoms with Crippen molar-refractivity contribution in [3.05, 3.63) is 0 Å². The fourth-order valence-corrected chi connectivity index (χ4v) is 3.50. The van der Waals surface area contributed by atoms with Gasteiger partial charge in [-0.2, -0.15) is 11.8 Å². The summed E-state index contributed by atoms with van der Waals surface area (Å²) >= 11 is 1.87. The summed E-state index contributed by atoms with van der Waals surface area (Å²) < 4.78 is 0. The van der Waals surface area contributed by atoms with E-state index in [0.717, 1.165) is 24.6 Å². The van der Waals surface area contributed by atoms with Crippen molar-refractivity contribution in [2.75, 3.05) is 24.6 Å². The molecule has 0 bridgehead atoms. The highest BCUT2D eigenvalue weighted by Crippen LogP contribution is 2.36. The number of rotatable bonds is 3. The smallest absolute Gasteiger partial charge is 0.238 e. The second kappa shape index (κ2) is 5.41. The van der Waals surface area contributed by atoms with Crippen LogP contribution in [0.4, 0.5) is 0 Å². The molecular weight excluding hydrogens is 220 g/mol. The second-order valence-corrected chi connectivity index (χ2v) is 6.47. The van der Waals surface area contributed by atoms with E-state index in [1.54, 1.807) is 0 Å². The predicted molar refractivity (Wildman–Crippen MR) is 68.7 cm³/mol. The van der Waals surface area contributed by atoms with Crippen LogP contribution in [0.1, 0.15) is 32.6 Å². The molecule has 0 radical (unpaired) electrons. The van der Waals surface area contributed by atoms with Gasteiger partial charge in [-0.3, -0.25) is 4.79 Å². The molecule has 1 heterocycles. The molecule has 92 valence electrons. The number of hydrogen-bond acceptors (Lipinski definition) is 3. The van der Waals surface area contributed by atoms with Crippen molar-refractivity contribution in [2.45, 2.75) is 38.6 Å². The summed E-state index contributed by atoms with van der Waals surface area (Å²) in [6.45, 7) is 4.11. The topological polar surface area (TPSA) is 41.1 Å². The molecule has 4 heteroatoms. The Balaban J connectivity index is 1.74. The first-order chi connectivity index (χ1) is 7.70. The van der Waals surface area contributed by atoms with Gasteiger partial charge in [0.15, 0.2) is 0 Å². The average molecular weight is 242 g/mol. The van der Waals surface area contributed by atoms with Crippen LogP contribution in [0.3, 0.4) is 0 Å². The van der Waals surface area contributed by atoms with E-state index in [9.17, 15) is 4.79 Å². The third-order valence-corrected chi connectivity index (χ3v) is 4.80. The van der Waals surface area contributed by atoms with Gasteiger partial charge in [0, 0.05) is 24.6 Å². The van der Waals surface area contributed by atoms with Crippen LogP contribution in [-0.4, -0.2) is 36.5 Å². The van der Waals surface area contributed by atoms with Crippen LogP contribution in [0.5, 0.6) is 0 Å². The molecule has 1 aliphatic heterocycles. The Labute approximate surface area is 102 Å². The average Bonchev–Trinajstić information content (AvgIpc) is 2.75. The summed E-state index contributed by atoms with van der Waals surface area (Å²) in [7, 11) is 0. The maximum Gasteiger partial charge on any atom is 0.238 e. The van der Waals surface area contributed by atoms with Gasteiger partial charge in [0.2, 0.25) is 5.91 Å². The maximum atomic E-state index is 11.9. The highest BCUT2D eigenvalue weighted by atomic mass is 32.2. The second-order valence-electron chi connectivity index (χ2n) is 5.32. The fraction of sp³-hybridized carbons (Fsp3) is 0.917. The van der Waals surface area contributed by atoms with Gasteiger partial charge in [-0.15, -0.1) is 0 Å². The highest BCUT2D eigenvalue weighted by Gasteiger charge is 2.30. The van der Waals surface area contributed by atoms with Gasteiger partial charge in [0.05, 0.1) is 6.04 Å². The van der Waals surface area contributed by atoms with Crippen molar-refractivity contribution < 1.29 is 4.79 Å². The monoisotopic (exact) mass is 242 g/mol. The zero-order valence-electron chi connectivity index (χ0n) is 10.1. The number of nitrogens with one attached hydrogen (secondary N) is 2. The number of thioether (sulfide) groups is 1. The quantitative estimate of drug-likeness (QED) is 0.786. The molecule has 2 rings (SSSR count). The first-order valence-corrected chi connectivity index (χ1v) is 7.44. The first kappa shape index (κ1) is 12.2. The van der Waals surface area contributed by atoms with Crippen molar-refractivity contribution in [1.82, 2.24) is 10.6 Å². The van der Waals surface area contributed by atoms with Crippen LogP contribution in [0.2, 0.25) is 0 Å². The molecule has 1 amide bonds. The van der Waals surface area contributed by atoms with Crippen LogP contribution < -0.4 is 10.6 Å². The summed E-state index contributed by atoms with van der Waals surface area (Å²) in [5.74, 6) is 2.24. The van der Waals surface area contributed by atoms with Gasteiger partial charge in [-0.05, 0) is 18.3 Å². The highest BCUT2D eigenvalue weighted by molar-refractivity contribution is 7.99. The predicted octanol–water partition coefficient (Wildman–Crippen LogP) is 1.39. The lowest BCUT2D eigenvalue weighted by Crippen LogP contribution is -2.50. The molecule has 0 spiro atoms. The molecule has 2 aliphatic rings. The van der Waals surface area contributed by atoms with E-state index >= 15 is 0 Å². The summed E-state index contributed by atoms with van der Waals surface area (Å²) in [5.41, 5.74) is 0.359. The van der Waals surface area contributed by atoms with Crippen LogP contribution in [0.15, 0.2) is 0 Å². The molecule has 2 N–H and O–H groups in total. The number of carbonyl (C=O) groups excluding carboxylic acids is 1. The summed E-state index contributed by atoms with van der Waals surface area (Å²) in [6, 6.07) is 0.0313. The van der Waals surface area contributed by atoms with E-state index in [-0.39, 0.29) is 11.9 Å². The molecular formula is C12H22N2OS. The third-order valence-electron chi connectivity index (χ3n) is 3.74. The molecule has 16 heavy (non-hydrogen) atoms. The number of hydrogen-bond donors (Lipinski definition) is 2. The van der Waals surface area contributed by atoms with Gasteiger partial charge >= 0.3 is 0 Å². The van der Waals surface area contributed by atoms with Crippen LogP contribution in [0, 0.1) is 5.41 Å². The first-order valence-electron chi connectivity index (χ1n) is 6.28. The van der Waals surface area contributed by atoms with E-state index in [0.29, 0.717) is 5.41 Å². The maximum absolute atomic E-state index is 11.9. The Bertz CT molecular complexity index is 245. The summed E-state index contributed by atoms with van der Waals surface area (Å²) in [4.78, 5) is 11.9. The standard InChI is InChI=1S/C12H22N2OS/c1-12(4-2-3-5-12)9-14-11(15)10-8-16-7-6-13-10/h10,13H,2-9H2,1H3,(H,14,15). The van der Waals surface area contributed by atoms with Crippen LogP contribution in [-0.2, 0) is 4.79 Å². The van der Waals surface area contributed by atoms with Crippen molar-refractivity contribution >= 4 is 17.7 Å². The van der Waals surface area contributed by atoms with Crippen LogP contribution in [0.25, 0.3) is 0 Å². The van der Waals surface area contributed by atoms with E-state index in [4.69, 9.17) is 0 Å². The lowest BCUT2D eigenvalue weighted by atomic mass is 9.89. The summed E-state index contributed by atoms with van der Waals surface area (Å²) in [6.07, 6.45) is 5.17. The molecule has 1 saturated heterocycles. The Kier molecular flexibility index (Phi) is 4.14. The summed E-state index contributed by atoms with van der Waals surface area (Å²) in [5, 5.41) is 6.39. The molecule has 1 saturated carbocycles. The normalized spacial score (nSPS) is 28.9. The SMILES string of the molecule is CC1(CNC(=O)C2CSCCN2)CCCC1. The Morgan fingerprint density at radius 1 is 1.50 bits per heavy atom. The molecule has 3 nitrogen and oxygen atoms in total. The van der Waals surface area contributed by atoms with Crippen molar-refractivity contribution in [3.63, 3.8) is 0 Å². The molecule has 2 fully saturated rings. The molecule has 0 aromatic rings. The van der Waals surface area contributed by atoms with E-state index < -0.39 is 0 Å². The largest absolute Gasteiger partial charge is 0.354 e. The minimum absolute atomic E-state index is 0.0313. The van der Waals surface area contributed by atoms with E-state index in [2.05, 4.69) is 17.6 Å². The lowest BCUT2D eigenvalue weighted by molar-refractivity contribution is -0.123. The third kappa shape index (κ3) is 3.14. The van der Waals surface area contributed by atoms with E-state index in [1.165, 1.54) is 25.7 Å². The molecule has 1 aliphatic carbocycles. The van der Waals surface area contributed by atoms with Gasteiger partial charge in [0.25, 0.3) is 0 Å². The molecule has 0 aromatic heterocycles. The van der Waals surface area contributed by atoms with Crippen molar-refractivity contribution in [3.8, 4) is 0 Å². The van der Waals surface area contributed by atoms with Gasteiger partial charge in [-0.25, -0.2) is 0 Å². The number of carbonyl (C=O) groups is 1. The minimum atomic E-state index is 0.0313. The Hall–Kier alpha value is -0.220. The van der Waals surface area contributed by atoms with E-state index in [1.807, 2.05) is 11.8 Å². The van der Waals surface area contributed by atoms with Crippen molar-refractivity contribution in [2.24, 2.45) is 5.41 Å². The van der Waals surface area contributed by atoms with Gasteiger partial charge < -0.3 is 10.6 Å². The Morgan fingerprint density at radius 2 is 2.25 bits per heavy atom. The molecule has 1 unspecified atom stereocenters. The van der Waals surface area contributed by atoms with Gasteiger partial charge in [-0.1, -0.05) is 19.8 Å². The number of amides is 1. The zero-order valence-corrected chi connectivity index (χ0v) is 10.9. The lowest BCUT2D eigenvalue weighted by Gasteiger charge is -2.27. The van der Waals surface area contributed by atoms with Crippen molar-refractivity contribution in [1.29, 1.82) is 0 Å². The fourth-order valence-electron chi connectivity index (χ4n) is 2.56. The zero-order chi connectivity index (χ0) is 11.4. The molecule has 1 atom stereocenters. The molecule has 0 aromatic carbocycles. The Morgan fingerprint density at radius 3 is 2.88 bits per heavy atom. The van der Waals surface area contributed by atoms with Gasteiger partial charge in [0.1, 0.15) is 0 Å². The minimum Gasteiger partial charge on any atom is -0.354 e.